The maximum Gasteiger partial charge on any atom is 0.407 e. The van der Waals surface area contributed by atoms with E-state index in [-0.39, 0.29) is 25.0 Å². The summed E-state index contributed by atoms with van der Waals surface area (Å²) in [5.74, 6) is 3.77. The zero-order valence-corrected chi connectivity index (χ0v) is 17.3. The van der Waals surface area contributed by atoms with E-state index < -0.39 is 23.5 Å². The minimum atomic E-state index is -1.09. The van der Waals surface area contributed by atoms with Crippen LogP contribution in [0.5, 0.6) is 0 Å². The van der Waals surface area contributed by atoms with E-state index in [2.05, 4.69) is 29.3 Å². The predicted molar refractivity (Wildman–Crippen MR) is 116 cm³/mol. The van der Waals surface area contributed by atoms with Crippen molar-refractivity contribution in [1.82, 2.24) is 10.2 Å². The quantitative estimate of drug-likeness (QED) is 0.727. The molecule has 2 aliphatic heterocycles. The van der Waals surface area contributed by atoms with Crippen LogP contribution in [-0.2, 0) is 14.3 Å². The van der Waals surface area contributed by atoms with E-state index in [1.165, 1.54) is 4.90 Å². The Hall–Kier alpha value is -3.79. The number of aliphatic carboxylic acids is 1. The SMILES string of the molecule is O=C(NCC#CC(=O)N1CC2CC1(C(=O)O)C2)OCC1c2ccccc2-c2ccccc21. The van der Waals surface area contributed by atoms with Crippen LogP contribution >= 0.6 is 0 Å². The van der Waals surface area contributed by atoms with Gasteiger partial charge in [0.2, 0.25) is 0 Å². The van der Waals surface area contributed by atoms with E-state index in [1.807, 2.05) is 36.4 Å². The molecular formula is C25H22N2O5. The second-order valence-electron chi connectivity index (χ2n) is 8.51. The molecule has 7 heteroatoms. The van der Waals surface area contributed by atoms with E-state index in [4.69, 9.17) is 4.74 Å². The number of nitrogens with zero attached hydrogens (tertiary/aromatic N) is 1. The van der Waals surface area contributed by atoms with Crippen molar-refractivity contribution < 1.29 is 24.2 Å². The molecule has 2 amide bonds. The second kappa shape index (κ2) is 7.72. The summed E-state index contributed by atoms with van der Waals surface area (Å²) in [4.78, 5) is 37.3. The average Bonchev–Trinajstić information content (AvgIpc) is 3.44. The zero-order chi connectivity index (χ0) is 22.3. The lowest BCUT2D eigenvalue weighted by Gasteiger charge is -2.36. The van der Waals surface area contributed by atoms with Crippen molar-refractivity contribution in [3.63, 3.8) is 0 Å². The normalized spacial score (nSPS) is 22.1. The number of carboxylic acid groups (broad SMARTS) is 1. The number of hydrogen-bond acceptors (Lipinski definition) is 4. The first-order valence-electron chi connectivity index (χ1n) is 10.6. The number of benzene rings is 2. The molecule has 2 heterocycles. The third-order valence-electron chi connectivity index (χ3n) is 6.71. The van der Waals surface area contributed by atoms with Gasteiger partial charge in [-0.25, -0.2) is 9.59 Å². The first-order chi connectivity index (χ1) is 15.5. The molecule has 2 aromatic rings. The molecule has 7 nitrogen and oxygen atoms in total. The Balaban J connectivity index is 1.15. The van der Waals surface area contributed by atoms with E-state index in [0.29, 0.717) is 19.4 Å². The van der Waals surface area contributed by atoms with Crippen LogP contribution in [0.2, 0.25) is 0 Å². The molecule has 1 saturated carbocycles. The first kappa shape index (κ1) is 20.1. The van der Waals surface area contributed by atoms with Crippen LogP contribution in [0, 0.1) is 17.8 Å². The van der Waals surface area contributed by atoms with Crippen LogP contribution in [0.1, 0.15) is 29.9 Å². The Morgan fingerprint density at radius 1 is 1.06 bits per heavy atom. The summed E-state index contributed by atoms with van der Waals surface area (Å²) in [5.41, 5.74) is 3.48. The Morgan fingerprint density at radius 2 is 1.69 bits per heavy atom. The van der Waals surface area contributed by atoms with Gasteiger partial charge in [0.05, 0.1) is 6.54 Å². The third kappa shape index (κ3) is 3.19. The number of nitrogens with one attached hydrogen (secondary N) is 1. The average molecular weight is 430 g/mol. The molecule has 2 saturated heterocycles. The number of carboxylic acids is 1. The zero-order valence-electron chi connectivity index (χ0n) is 17.3. The lowest BCUT2D eigenvalue weighted by molar-refractivity contribution is -0.156. The van der Waals surface area contributed by atoms with Crippen LogP contribution in [0.15, 0.2) is 48.5 Å². The van der Waals surface area contributed by atoms with Gasteiger partial charge in [-0.2, -0.15) is 0 Å². The van der Waals surface area contributed by atoms with Gasteiger partial charge in [0.15, 0.2) is 0 Å². The highest BCUT2D eigenvalue weighted by Gasteiger charge is 2.62. The summed E-state index contributed by atoms with van der Waals surface area (Å²) in [5, 5.41) is 12.0. The summed E-state index contributed by atoms with van der Waals surface area (Å²) in [6.45, 7) is 0.571. The van der Waals surface area contributed by atoms with Crippen LogP contribution < -0.4 is 5.32 Å². The number of hydrogen-bond donors (Lipinski definition) is 2. The van der Waals surface area contributed by atoms with Gasteiger partial charge < -0.3 is 20.1 Å². The fourth-order valence-electron chi connectivity index (χ4n) is 5.20. The van der Waals surface area contributed by atoms with E-state index in [9.17, 15) is 19.5 Å². The molecule has 0 atom stereocenters. The van der Waals surface area contributed by atoms with E-state index in [0.717, 1.165) is 22.3 Å². The molecule has 2 aliphatic carbocycles. The van der Waals surface area contributed by atoms with Crippen molar-refractivity contribution in [3.05, 3.63) is 59.7 Å². The van der Waals surface area contributed by atoms with Gasteiger partial charge in [-0.05, 0) is 46.9 Å². The van der Waals surface area contributed by atoms with Crippen molar-refractivity contribution in [2.75, 3.05) is 19.7 Å². The smallest absolute Gasteiger partial charge is 0.407 e. The number of carbonyl (C=O) groups excluding carboxylic acids is 2. The number of ether oxygens (including phenoxy) is 1. The number of fused-ring (bicyclic) bond motifs is 4. The van der Waals surface area contributed by atoms with Gasteiger partial charge >= 0.3 is 12.1 Å². The van der Waals surface area contributed by atoms with E-state index in [1.54, 1.807) is 0 Å². The van der Waals surface area contributed by atoms with E-state index >= 15 is 0 Å². The van der Waals surface area contributed by atoms with Gasteiger partial charge in [0.25, 0.3) is 5.91 Å². The molecule has 0 radical (unpaired) electrons. The Kier molecular flexibility index (Phi) is 4.86. The molecule has 0 aromatic heterocycles. The summed E-state index contributed by atoms with van der Waals surface area (Å²) >= 11 is 0. The lowest BCUT2D eigenvalue weighted by Crippen LogP contribution is -2.54. The monoisotopic (exact) mass is 430 g/mol. The maximum atomic E-state index is 12.3. The summed E-state index contributed by atoms with van der Waals surface area (Å²) in [6, 6.07) is 16.2. The fourth-order valence-corrected chi connectivity index (χ4v) is 5.20. The van der Waals surface area contributed by atoms with Crippen LogP contribution in [-0.4, -0.2) is 53.2 Å². The maximum absolute atomic E-state index is 12.3. The van der Waals surface area contributed by atoms with Crippen LogP contribution in [0.25, 0.3) is 11.1 Å². The largest absolute Gasteiger partial charge is 0.479 e. The molecule has 4 aliphatic rings. The van der Waals surface area contributed by atoms with Crippen molar-refractivity contribution in [1.29, 1.82) is 0 Å². The summed E-state index contributed by atoms with van der Waals surface area (Å²) < 4.78 is 5.43. The highest BCUT2D eigenvalue weighted by molar-refractivity contribution is 5.98. The molecule has 2 aromatic carbocycles. The minimum Gasteiger partial charge on any atom is -0.479 e. The fraction of sp³-hybridized carbons (Fsp3) is 0.320. The standard InChI is InChI=1S/C25H22N2O5/c28-22(27-14-16-12-25(27,13-16)23(29)30)10-5-11-26-24(31)32-15-21-19-8-3-1-6-17(19)18-7-2-4-9-20(18)21/h1-4,6-9,16,21H,11-15H2,(H,26,31)(H,29,30). The molecule has 3 fully saturated rings. The molecule has 0 spiro atoms. The van der Waals surface area contributed by atoms with Crippen molar-refractivity contribution in [2.24, 2.45) is 5.92 Å². The number of rotatable bonds is 4. The molecule has 162 valence electrons. The highest BCUT2D eigenvalue weighted by atomic mass is 16.5. The molecule has 0 unspecified atom stereocenters. The molecule has 2 bridgehead atoms. The second-order valence-corrected chi connectivity index (χ2v) is 8.51. The highest BCUT2D eigenvalue weighted by Crippen LogP contribution is 2.50. The van der Waals surface area contributed by atoms with Gasteiger partial charge in [-0.3, -0.25) is 4.79 Å². The lowest BCUT2D eigenvalue weighted by atomic mass is 9.73. The first-order valence-corrected chi connectivity index (χ1v) is 10.6. The number of carbonyl (C=O) groups is 3. The van der Waals surface area contributed by atoms with Crippen molar-refractivity contribution >= 4 is 18.0 Å². The molecular weight excluding hydrogens is 408 g/mol. The third-order valence-corrected chi connectivity index (χ3v) is 6.71. The van der Waals surface area contributed by atoms with Gasteiger partial charge in [0, 0.05) is 12.5 Å². The minimum absolute atomic E-state index is 0.0327. The molecule has 6 rings (SSSR count). The molecule has 2 N–H and O–H groups in total. The summed E-state index contributed by atoms with van der Waals surface area (Å²) in [6.07, 6.45) is 0.376. The van der Waals surface area contributed by atoms with Crippen molar-refractivity contribution in [2.45, 2.75) is 24.3 Å². The van der Waals surface area contributed by atoms with Gasteiger partial charge in [-0.1, -0.05) is 54.5 Å². The predicted octanol–water partition coefficient (Wildman–Crippen LogP) is 2.60. The number of alkyl carbamates (subject to hydrolysis) is 1. The van der Waals surface area contributed by atoms with Crippen LogP contribution in [0.4, 0.5) is 4.79 Å². The van der Waals surface area contributed by atoms with Gasteiger partial charge in [-0.15, -0.1) is 0 Å². The molecule has 32 heavy (non-hydrogen) atoms. The summed E-state index contributed by atoms with van der Waals surface area (Å²) in [7, 11) is 0. The Labute approximate surface area is 185 Å². The van der Waals surface area contributed by atoms with Crippen LogP contribution in [0.3, 0.4) is 0 Å². The Morgan fingerprint density at radius 3 is 2.31 bits per heavy atom. The number of amides is 2. The topological polar surface area (TPSA) is 95.9 Å². The Bertz CT molecular complexity index is 1130. The van der Waals surface area contributed by atoms with Gasteiger partial charge in [0.1, 0.15) is 12.1 Å². The van der Waals surface area contributed by atoms with Crippen molar-refractivity contribution in [3.8, 4) is 23.0 Å².